The summed E-state index contributed by atoms with van der Waals surface area (Å²) < 4.78 is 0. The van der Waals surface area contributed by atoms with Crippen LogP contribution in [0.4, 0.5) is 0 Å². The van der Waals surface area contributed by atoms with Gasteiger partial charge in [0.05, 0.1) is 6.54 Å². The molecule has 0 atom stereocenters. The summed E-state index contributed by atoms with van der Waals surface area (Å²) in [7, 11) is 0. The van der Waals surface area contributed by atoms with Crippen LogP contribution in [0.15, 0.2) is 0 Å². The number of carbonyl (C=O) groups is 1. The van der Waals surface area contributed by atoms with Crippen molar-refractivity contribution in [3.8, 4) is 0 Å². The van der Waals surface area contributed by atoms with Gasteiger partial charge in [0, 0.05) is 22.4 Å². The third-order valence-electron chi connectivity index (χ3n) is 0.343. The number of hydrogen-bond donors (Lipinski definition) is 1. The summed E-state index contributed by atoms with van der Waals surface area (Å²) in [4.78, 5) is 22.5. The first-order valence-electron chi connectivity index (χ1n) is 1.72. The van der Waals surface area contributed by atoms with Gasteiger partial charge in [-0.15, -0.1) is 10.1 Å². The number of nitrogens with two attached hydrogens (primary N) is 1. The Morgan fingerprint density at radius 1 is 1.78 bits per heavy atom. The number of rotatable bonds is 2. The molecule has 0 bridgehead atoms. The zero-order valence-electron chi connectivity index (χ0n) is 4.17. The van der Waals surface area contributed by atoms with Crippen molar-refractivity contribution in [1.82, 2.24) is 0 Å². The van der Waals surface area contributed by atoms with Gasteiger partial charge in [-0.05, 0) is 0 Å². The zero-order chi connectivity index (χ0) is 6.57. The Bertz CT molecular complexity index is 115. The van der Waals surface area contributed by atoms with E-state index in [0.29, 0.717) is 0 Å². The molecule has 2 N–H and O–H groups in total. The Kier molecular flexibility index (Phi) is 7.21. The third-order valence-corrected chi connectivity index (χ3v) is 0.343. The molecule has 9 heavy (non-hydrogen) atoms. The standard InChI is InChI=1S/C2H4N2O4.Ag/c3-1-2(5)8-4(6)7;/h1,3H2;. The van der Waals surface area contributed by atoms with Gasteiger partial charge < -0.3 is 5.73 Å². The van der Waals surface area contributed by atoms with Crippen LogP contribution in [-0.2, 0) is 32.0 Å². The normalized spacial score (nSPS) is 7.22. The minimum atomic E-state index is -1.20. The summed E-state index contributed by atoms with van der Waals surface area (Å²) in [5.74, 6) is -1.05. The summed E-state index contributed by atoms with van der Waals surface area (Å²) in [6, 6.07) is 0. The van der Waals surface area contributed by atoms with Crippen molar-refractivity contribution in [2.75, 3.05) is 6.54 Å². The van der Waals surface area contributed by atoms with E-state index in [2.05, 4.69) is 10.6 Å². The van der Waals surface area contributed by atoms with Crippen molar-refractivity contribution < 1.29 is 37.1 Å². The Hall–Kier alpha value is -0.430. The fourth-order valence-corrected chi connectivity index (χ4v) is 0.120. The molecule has 0 aromatic carbocycles. The molecular formula is C2H4AgN2O4. The molecule has 0 unspecified atom stereocenters. The molecule has 7 heteroatoms. The summed E-state index contributed by atoms with van der Waals surface area (Å²) in [6.45, 7) is -0.471. The smallest absolute Gasteiger partial charge is 0.317 e. The molecule has 0 rings (SSSR count). The van der Waals surface area contributed by atoms with E-state index in [1.165, 1.54) is 0 Å². The quantitative estimate of drug-likeness (QED) is 0.359. The molecule has 6 nitrogen and oxygen atoms in total. The van der Waals surface area contributed by atoms with Crippen molar-refractivity contribution >= 4 is 5.97 Å². The fourth-order valence-electron chi connectivity index (χ4n) is 0.120. The first-order valence-corrected chi connectivity index (χ1v) is 1.72. The van der Waals surface area contributed by atoms with E-state index >= 15 is 0 Å². The van der Waals surface area contributed by atoms with Gasteiger partial charge in [-0.3, -0.25) is 4.79 Å². The molecule has 0 heterocycles. The monoisotopic (exact) mass is 227 g/mol. The van der Waals surface area contributed by atoms with E-state index in [4.69, 9.17) is 0 Å². The van der Waals surface area contributed by atoms with Crippen molar-refractivity contribution in [1.29, 1.82) is 0 Å². The third kappa shape index (κ3) is 7.57. The van der Waals surface area contributed by atoms with Crippen LogP contribution in [0, 0.1) is 10.1 Å². The van der Waals surface area contributed by atoms with Crippen LogP contribution in [0.3, 0.4) is 0 Å². The van der Waals surface area contributed by atoms with Crippen LogP contribution < -0.4 is 5.73 Å². The molecule has 0 aromatic heterocycles. The van der Waals surface area contributed by atoms with Gasteiger partial charge in [-0.1, -0.05) is 0 Å². The molecule has 1 radical (unpaired) electrons. The maximum atomic E-state index is 9.83. The van der Waals surface area contributed by atoms with Crippen molar-refractivity contribution in [3.05, 3.63) is 10.1 Å². The van der Waals surface area contributed by atoms with Crippen molar-refractivity contribution in [2.24, 2.45) is 5.73 Å². The van der Waals surface area contributed by atoms with Gasteiger partial charge in [0.15, 0.2) is 0 Å². The van der Waals surface area contributed by atoms with Crippen LogP contribution in [0.5, 0.6) is 0 Å². The average Bonchev–Trinajstić information content (AvgIpc) is 1.65. The summed E-state index contributed by atoms with van der Waals surface area (Å²) >= 11 is 0. The summed E-state index contributed by atoms with van der Waals surface area (Å²) in [5.41, 5.74) is 4.64. The van der Waals surface area contributed by atoms with E-state index in [1.807, 2.05) is 0 Å². The first-order chi connectivity index (χ1) is 3.66. The number of nitrogens with zero attached hydrogens (tertiary/aromatic N) is 1. The Balaban J connectivity index is 0. The first kappa shape index (κ1) is 11.4. The molecule has 0 saturated heterocycles. The molecule has 0 amide bonds. The maximum Gasteiger partial charge on any atom is 0.317 e. The van der Waals surface area contributed by atoms with E-state index in [1.54, 1.807) is 0 Å². The van der Waals surface area contributed by atoms with E-state index in [9.17, 15) is 14.9 Å². The zero-order valence-corrected chi connectivity index (χ0v) is 5.65. The summed E-state index contributed by atoms with van der Waals surface area (Å²) in [6.07, 6.45) is 0. The van der Waals surface area contributed by atoms with Crippen molar-refractivity contribution in [2.45, 2.75) is 0 Å². The molecule has 0 aliphatic heterocycles. The fraction of sp³-hybridized carbons (Fsp3) is 0.500. The van der Waals surface area contributed by atoms with Gasteiger partial charge in [0.2, 0.25) is 0 Å². The Labute approximate surface area is 66.0 Å². The van der Waals surface area contributed by atoms with Gasteiger partial charge in [-0.2, -0.15) is 0 Å². The van der Waals surface area contributed by atoms with Gasteiger partial charge >= 0.3 is 11.1 Å². The average molecular weight is 228 g/mol. The minimum absolute atomic E-state index is 0. The second-order valence-corrected chi connectivity index (χ2v) is 0.891. The summed E-state index contributed by atoms with van der Waals surface area (Å²) in [5, 5.41) is 8.08. The van der Waals surface area contributed by atoms with Crippen LogP contribution in [-0.4, -0.2) is 17.6 Å². The van der Waals surface area contributed by atoms with Crippen molar-refractivity contribution in [3.63, 3.8) is 0 Å². The largest absolute Gasteiger partial charge is 0.322 e. The second-order valence-electron chi connectivity index (χ2n) is 0.891. The van der Waals surface area contributed by atoms with Crippen LogP contribution in [0.2, 0.25) is 0 Å². The molecule has 0 aliphatic carbocycles. The van der Waals surface area contributed by atoms with E-state index < -0.39 is 17.6 Å². The van der Waals surface area contributed by atoms with Gasteiger partial charge in [0.1, 0.15) is 0 Å². The van der Waals surface area contributed by atoms with E-state index in [0.717, 1.165) is 0 Å². The van der Waals surface area contributed by atoms with Crippen LogP contribution in [0.25, 0.3) is 0 Å². The Morgan fingerprint density at radius 3 is 2.33 bits per heavy atom. The molecular weight excluding hydrogens is 224 g/mol. The number of carbonyl (C=O) groups excluding carboxylic acids is 1. The molecule has 0 spiro atoms. The van der Waals surface area contributed by atoms with Gasteiger partial charge in [0.25, 0.3) is 0 Å². The maximum absolute atomic E-state index is 9.83. The number of hydrogen-bond acceptors (Lipinski definition) is 5. The van der Waals surface area contributed by atoms with E-state index in [-0.39, 0.29) is 22.4 Å². The Morgan fingerprint density at radius 2 is 2.22 bits per heavy atom. The van der Waals surface area contributed by atoms with Crippen LogP contribution in [0.1, 0.15) is 0 Å². The topological polar surface area (TPSA) is 95.5 Å². The molecule has 0 aliphatic rings. The second kappa shape index (κ2) is 5.70. The molecule has 0 saturated carbocycles. The molecule has 0 fully saturated rings. The minimum Gasteiger partial charge on any atom is -0.322 e. The predicted molar refractivity (Wildman–Crippen MR) is 22.1 cm³/mol. The SMILES string of the molecule is NCC(=O)O[N+](=O)[O-].[Ag]. The van der Waals surface area contributed by atoms with Gasteiger partial charge in [-0.25, -0.2) is 4.84 Å². The molecule has 0 aromatic rings. The molecule has 57 valence electrons. The van der Waals surface area contributed by atoms with Crippen LogP contribution >= 0.6 is 0 Å². The predicted octanol–water partition coefficient (Wildman–Crippen LogP) is -1.32.